The van der Waals surface area contributed by atoms with E-state index in [-0.39, 0.29) is 6.61 Å². The summed E-state index contributed by atoms with van der Waals surface area (Å²) in [5.74, 6) is 0.837. The molecule has 0 amide bonds. The molecule has 0 saturated carbocycles. The van der Waals surface area contributed by atoms with Crippen molar-refractivity contribution in [1.82, 2.24) is 5.32 Å². The number of likely N-dealkylation sites (N-methyl/N-ethyl adjacent to an activating group) is 1. The molecule has 1 rings (SSSR count). The van der Waals surface area contributed by atoms with Crippen LogP contribution in [-0.4, -0.2) is 53.6 Å². The van der Waals surface area contributed by atoms with E-state index in [1.54, 1.807) is 32.4 Å². The molecule has 1 aromatic rings. The quantitative estimate of drug-likeness (QED) is 0.401. The fraction of sp³-hybridized carbons (Fsp3) is 0.438. The smallest absolute Gasteiger partial charge is 0.330 e. The maximum absolute atomic E-state index is 11.5. The van der Waals surface area contributed by atoms with E-state index in [0.717, 1.165) is 12.1 Å². The van der Waals surface area contributed by atoms with Crippen LogP contribution in [0.15, 0.2) is 24.3 Å². The SMILES string of the molecule is CNCCOCCOC(=O)/C=C/c1ccc(OC)c(OC)c1. The lowest BCUT2D eigenvalue weighted by molar-refractivity contribution is -0.139. The first-order valence-electron chi connectivity index (χ1n) is 7.00. The van der Waals surface area contributed by atoms with Gasteiger partial charge < -0.3 is 24.3 Å². The van der Waals surface area contributed by atoms with Gasteiger partial charge in [-0.05, 0) is 30.8 Å². The first-order chi connectivity index (χ1) is 10.7. The van der Waals surface area contributed by atoms with Gasteiger partial charge in [0.2, 0.25) is 0 Å². The van der Waals surface area contributed by atoms with Crippen LogP contribution in [0.2, 0.25) is 0 Å². The second-order valence-corrected chi connectivity index (χ2v) is 4.33. The zero-order valence-corrected chi connectivity index (χ0v) is 13.3. The van der Waals surface area contributed by atoms with Crippen molar-refractivity contribution in [3.63, 3.8) is 0 Å². The lowest BCUT2D eigenvalue weighted by Crippen LogP contribution is -2.16. The van der Waals surface area contributed by atoms with Crippen molar-refractivity contribution in [3.8, 4) is 11.5 Å². The van der Waals surface area contributed by atoms with Gasteiger partial charge in [0.05, 0.1) is 27.4 Å². The van der Waals surface area contributed by atoms with Gasteiger partial charge >= 0.3 is 5.97 Å². The number of methoxy groups -OCH3 is 2. The Morgan fingerprint density at radius 3 is 2.59 bits per heavy atom. The number of carbonyl (C=O) groups excluding carboxylic acids is 1. The Balaban J connectivity index is 2.39. The van der Waals surface area contributed by atoms with Crippen molar-refractivity contribution in [2.45, 2.75) is 0 Å². The Hall–Kier alpha value is -2.05. The van der Waals surface area contributed by atoms with Gasteiger partial charge in [-0.3, -0.25) is 0 Å². The van der Waals surface area contributed by atoms with Gasteiger partial charge in [-0.1, -0.05) is 6.07 Å². The highest BCUT2D eigenvalue weighted by molar-refractivity contribution is 5.87. The molecule has 0 aromatic heterocycles. The average Bonchev–Trinajstić information content (AvgIpc) is 2.55. The summed E-state index contributed by atoms with van der Waals surface area (Å²) in [6.45, 7) is 1.99. The number of hydrogen-bond donors (Lipinski definition) is 1. The van der Waals surface area contributed by atoms with E-state index < -0.39 is 5.97 Å². The molecule has 122 valence electrons. The minimum Gasteiger partial charge on any atom is -0.493 e. The molecular formula is C16H23NO5. The van der Waals surface area contributed by atoms with Gasteiger partial charge in [0, 0.05) is 12.6 Å². The molecule has 22 heavy (non-hydrogen) atoms. The minimum absolute atomic E-state index is 0.235. The van der Waals surface area contributed by atoms with E-state index in [1.165, 1.54) is 6.08 Å². The molecular weight excluding hydrogens is 286 g/mol. The molecule has 0 aliphatic rings. The van der Waals surface area contributed by atoms with Gasteiger partial charge in [-0.15, -0.1) is 0 Å². The summed E-state index contributed by atoms with van der Waals surface area (Å²) in [5, 5.41) is 2.96. The molecule has 0 fully saturated rings. The molecule has 0 saturated heterocycles. The predicted octanol–water partition coefficient (Wildman–Crippen LogP) is 1.50. The molecule has 0 radical (unpaired) electrons. The van der Waals surface area contributed by atoms with Crippen LogP contribution in [0.25, 0.3) is 6.08 Å². The topological polar surface area (TPSA) is 66.0 Å². The van der Waals surface area contributed by atoms with Crippen molar-refractivity contribution in [2.75, 3.05) is 47.6 Å². The van der Waals surface area contributed by atoms with E-state index in [0.29, 0.717) is 24.7 Å². The lowest BCUT2D eigenvalue weighted by atomic mass is 10.2. The summed E-state index contributed by atoms with van der Waals surface area (Å²) in [7, 11) is 4.99. The number of benzene rings is 1. The van der Waals surface area contributed by atoms with Crippen LogP contribution >= 0.6 is 0 Å². The van der Waals surface area contributed by atoms with E-state index in [9.17, 15) is 4.79 Å². The fourth-order valence-corrected chi connectivity index (χ4v) is 1.65. The molecule has 6 heteroatoms. The Morgan fingerprint density at radius 1 is 1.14 bits per heavy atom. The fourth-order valence-electron chi connectivity index (χ4n) is 1.65. The van der Waals surface area contributed by atoms with Crippen LogP contribution in [0, 0.1) is 0 Å². The lowest BCUT2D eigenvalue weighted by Gasteiger charge is -2.07. The van der Waals surface area contributed by atoms with Crippen LogP contribution in [0.4, 0.5) is 0 Å². The van der Waals surface area contributed by atoms with E-state index in [2.05, 4.69) is 5.32 Å². The summed E-state index contributed by atoms with van der Waals surface area (Å²) in [6.07, 6.45) is 3.03. The highest BCUT2D eigenvalue weighted by Crippen LogP contribution is 2.27. The second-order valence-electron chi connectivity index (χ2n) is 4.33. The molecule has 0 atom stereocenters. The molecule has 1 N–H and O–H groups in total. The normalized spacial score (nSPS) is 10.7. The summed E-state index contributed by atoms with van der Waals surface area (Å²) >= 11 is 0. The maximum atomic E-state index is 11.5. The van der Waals surface area contributed by atoms with Crippen LogP contribution in [0.5, 0.6) is 11.5 Å². The molecule has 0 aliphatic heterocycles. The molecule has 1 aromatic carbocycles. The first kappa shape index (κ1) is 18.0. The molecule has 0 bridgehead atoms. The zero-order valence-electron chi connectivity index (χ0n) is 13.3. The third-order valence-electron chi connectivity index (χ3n) is 2.79. The van der Waals surface area contributed by atoms with Gasteiger partial charge in [0.25, 0.3) is 0 Å². The standard InChI is InChI=1S/C16H23NO5/c1-17-8-9-21-10-11-22-16(18)7-5-13-4-6-14(19-2)15(12-13)20-3/h4-7,12,17H,8-11H2,1-3H3/b7-5+. The highest BCUT2D eigenvalue weighted by atomic mass is 16.6. The van der Waals surface area contributed by atoms with Gasteiger partial charge in [-0.2, -0.15) is 0 Å². The molecule has 0 spiro atoms. The van der Waals surface area contributed by atoms with Crippen LogP contribution in [0.3, 0.4) is 0 Å². The summed E-state index contributed by atoms with van der Waals surface area (Å²) in [4.78, 5) is 11.5. The van der Waals surface area contributed by atoms with E-state index >= 15 is 0 Å². The second kappa shape index (κ2) is 10.6. The van der Waals surface area contributed by atoms with Crippen molar-refractivity contribution >= 4 is 12.0 Å². The van der Waals surface area contributed by atoms with Crippen molar-refractivity contribution in [3.05, 3.63) is 29.8 Å². The first-order valence-corrected chi connectivity index (χ1v) is 7.00. The average molecular weight is 309 g/mol. The summed E-state index contributed by atoms with van der Waals surface area (Å²) in [6, 6.07) is 5.38. The van der Waals surface area contributed by atoms with Gasteiger partial charge in [-0.25, -0.2) is 4.79 Å². The minimum atomic E-state index is -0.410. The van der Waals surface area contributed by atoms with E-state index in [4.69, 9.17) is 18.9 Å². The monoisotopic (exact) mass is 309 g/mol. The van der Waals surface area contributed by atoms with Crippen LogP contribution in [0.1, 0.15) is 5.56 Å². The summed E-state index contributed by atoms with van der Waals surface area (Å²) < 4.78 is 20.6. The van der Waals surface area contributed by atoms with Crippen LogP contribution in [-0.2, 0) is 14.3 Å². The number of hydrogen-bond acceptors (Lipinski definition) is 6. The third-order valence-corrected chi connectivity index (χ3v) is 2.79. The number of rotatable bonds is 10. The van der Waals surface area contributed by atoms with Crippen LogP contribution < -0.4 is 14.8 Å². The number of carbonyl (C=O) groups is 1. The highest BCUT2D eigenvalue weighted by Gasteiger charge is 2.03. The Kier molecular flexibility index (Phi) is 8.71. The van der Waals surface area contributed by atoms with Crippen molar-refractivity contribution in [1.29, 1.82) is 0 Å². The number of esters is 1. The van der Waals surface area contributed by atoms with Gasteiger partial charge in [0.15, 0.2) is 11.5 Å². The molecule has 0 unspecified atom stereocenters. The van der Waals surface area contributed by atoms with E-state index in [1.807, 2.05) is 13.1 Å². The molecule has 0 aliphatic carbocycles. The number of nitrogens with one attached hydrogen (secondary N) is 1. The summed E-state index contributed by atoms with van der Waals surface area (Å²) in [5.41, 5.74) is 0.819. The van der Waals surface area contributed by atoms with Crippen molar-refractivity contribution in [2.24, 2.45) is 0 Å². The number of ether oxygens (including phenoxy) is 4. The largest absolute Gasteiger partial charge is 0.493 e. The predicted molar refractivity (Wildman–Crippen MR) is 84.3 cm³/mol. The third kappa shape index (κ3) is 6.60. The van der Waals surface area contributed by atoms with Gasteiger partial charge in [0.1, 0.15) is 6.61 Å². The Labute approximate surface area is 131 Å². The maximum Gasteiger partial charge on any atom is 0.330 e. The zero-order chi connectivity index (χ0) is 16.2. The van der Waals surface area contributed by atoms with Crippen molar-refractivity contribution < 1.29 is 23.7 Å². The molecule has 0 heterocycles. The molecule has 6 nitrogen and oxygen atoms in total. The Morgan fingerprint density at radius 2 is 1.91 bits per heavy atom. The Bertz CT molecular complexity index is 487.